The van der Waals surface area contributed by atoms with Crippen molar-refractivity contribution in [3.05, 3.63) is 78.9 Å². The maximum absolute atomic E-state index is 12.3. The summed E-state index contributed by atoms with van der Waals surface area (Å²) in [6.07, 6.45) is 0. The van der Waals surface area contributed by atoms with Crippen LogP contribution < -0.4 is 9.47 Å². The van der Waals surface area contributed by atoms with Crippen molar-refractivity contribution in [3.8, 4) is 11.5 Å². The first-order chi connectivity index (χ1) is 19.8. The Kier molecular flexibility index (Phi) is 11.3. The quantitative estimate of drug-likeness (QED) is 0.172. The van der Waals surface area contributed by atoms with Crippen LogP contribution in [0.15, 0.2) is 93.5 Å². The minimum absolute atomic E-state index is 0.0644. The summed E-state index contributed by atoms with van der Waals surface area (Å²) < 4.78 is 93.1. The Morgan fingerprint density at radius 1 is 0.571 bits per heavy atom. The number of carbonyl (C=O) groups excluding carboxylic acids is 2. The van der Waals surface area contributed by atoms with Crippen molar-refractivity contribution in [2.24, 2.45) is 0 Å². The minimum Gasteiger partial charge on any atom is -0.478 e. The zero-order valence-electron chi connectivity index (χ0n) is 21.7. The molecule has 12 nitrogen and oxygen atoms in total. The lowest BCUT2D eigenvalue weighted by molar-refractivity contribution is -0.146. The lowest BCUT2D eigenvalue weighted by Gasteiger charge is -2.13. The summed E-state index contributed by atoms with van der Waals surface area (Å²) in [6.45, 7) is -2.39. The van der Waals surface area contributed by atoms with E-state index in [4.69, 9.17) is 29.6 Å². The van der Waals surface area contributed by atoms with Crippen LogP contribution in [0.1, 0.15) is 0 Å². The molecule has 3 rings (SSSR count). The van der Waals surface area contributed by atoms with Crippen LogP contribution in [0.3, 0.4) is 0 Å². The van der Waals surface area contributed by atoms with E-state index in [0.29, 0.717) is 0 Å². The summed E-state index contributed by atoms with van der Waals surface area (Å²) in [7, 11) is -6.21. The molecule has 0 fully saturated rings. The van der Waals surface area contributed by atoms with Crippen LogP contribution in [-0.2, 0) is 47.8 Å². The molecule has 0 amide bonds. The van der Waals surface area contributed by atoms with Crippen LogP contribution in [0.4, 0.5) is 0 Å². The summed E-state index contributed by atoms with van der Waals surface area (Å²) in [5.74, 6) is -3.32. The molecule has 0 atom stereocenters. The van der Waals surface area contributed by atoms with E-state index in [2.05, 4.69) is 0 Å². The molecule has 226 valence electrons. The molecule has 0 saturated heterocycles. The minimum atomic E-state index is -4.21. The van der Waals surface area contributed by atoms with Crippen molar-refractivity contribution in [2.45, 2.75) is 14.7 Å². The van der Waals surface area contributed by atoms with Gasteiger partial charge in [-0.3, -0.25) is 0 Å². The highest BCUT2D eigenvalue weighted by atomic mass is 35.7. The van der Waals surface area contributed by atoms with Crippen molar-refractivity contribution < 1.29 is 53.8 Å². The molecule has 0 aliphatic rings. The molecule has 0 unspecified atom stereocenters. The number of hydrogen-bond acceptors (Lipinski definition) is 12. The monoisotopic (exact) mass is 660 g/mol. The average Bonchev–Trinajstić information content (AvgIpc) is 2.95. The number of rotatable bonds is 15. The summed E-state index contributed by atoms with van der Waals surface area (Å²) in [5, 5.41) is 0. The van der Waals surface area contributed by atoms with Crippen molar-refractivity contribution in [1.82, 2.24) is 0 Å². The number of ether oxygens (including phenoxy) is 4. The molecule has 16 heteroatoms. The molecule has 0 heterocycles. The van der Waals surface area contributed by atoms with Gasteiger partial charge in [0.05, 0.1) is 26.2 Å². The fraction of sp³-hybridized carbons (Fsp3) is 0.231. The Hall–Kier alpha value is -3.66. The van der Waals surface area contributed by atoms with Crippen LogP contribution in [-0.4, -0.2) is 75.1 Å². The van der Waals surface area contributed by atoms with E-state index >= 15 is 0 Å². The summed E-state index contributed by atoms with van der Waals surface area (Å²) in [5.41, 5.74) is 0. The van der Waals surface area contributed by atoms with Crippen molar-refractivity contribution >= 4 is 51.3 Å². The Labute approximate surface area is 247 Å². The second-order valence-electron chi connectivity index (χ2n) is 8.33. The zero-order valence-corrected chi connectivity index (χ0v) is 25.0. The Balaban J connectivity index is 1.55. The van der Waals surface area contributed by atoms with Crippen LogP contribution >= 0.6 is 10.7 Å². The van der Waals surface area contributed by atoms with Crippen LogP contribution in [0.2, 0.25) is 0 Å². The molecular formula is C26H25ClO12S3. The molecule has 0 radical (unpaired) electrons. The highest BCUT2D eigenvalue weighted by molar-refractivity contribution is 8.13. The first-order valence-electron chi connectivity index (χ1n) is 12.0. The van der Waals surface area contributed by atoms with Gasteiger partial charge in [-0.05, 0) is 36.4 Å². The summed E-state index contributed by atoms with van der Waals surface area (Å²) in [4.78, 5) is 24.0. The number of esters is 2. The van der Waals surface area contributed by atoms with Gasteiger partial charge in [-0.1, -0.05) is 36.4 Å². The molecular weight excluding hydrogens is 636 g/mol. The number of benzene rings is 3. The van der Waals surface area contributed by atoms with Gasteiger partial charge in [0.1, 0.15) is 13.2 Å². The van der Waals surface area contributed by atoms with Crippen molar-refractivity contribution in [2.75, 3.05) is 37.9 Å². The SMILES string of the molecule is O=C(COc1ccc(S(=O)(=O)Cl)cc1OCC(=O)OCCS(=O)(=O)c1ccccc1)OCCS(=O)(=O)c1ccccc1. The van der Waals surface area contributed by atoms with Gasteiger partial charge < -0.3 is 18.9 Å². The highest BCUT2D eigenvalue weighted by Gasteiger charge is 2.19. The average molecular weight is 661 g/mol. The zero-order chi connectivity index (χ0) is 30.8. The molecule has 0 aliphatic heterocycles. The molecule has 42 heavy (non-hydrogen) atoms. The standard InChI is InChI=1S/C26H25ClO12S3/c27-42(34,35)22-11-12-23(38-18-25(28)36-13-15-40(30,31)20-7-3-1-4-8-20)24(17-22)39-19-26(29)37-14-16-41(32,33)21-9-5-2-6-10-21/h1-12,17H,13-16,18-19H2. The third kappa shape index (κ3) is 10.0. The topological polar surface area (TPSA) is 173 Å². The van der Waals surface area contributed by atoms with Gasteiger partial charge in [0.25, 0.3) is 9.05 Å². The first-order valence-corrected chi connectivity index (χ1v) is 17.6. The van der Waals surface area contributed by atoms with E-state index in [-0.39, 0.29) is 21.3 Å². The molecule has 0 aromatic heterocycles. The van der Waals surface area contributed by atoms with Gasteiger partial charge in [-0.25, -0.2) is 34.8 Å². The van der Waals surface area contributed by atoms with E-state index in [1.807, 2.05) is 0 Å². The van der Waals surface area contributed by atoms with Gasteiger partial charge in [-0.2, -0.15) is 0 Å². The van der Waals surface area contributed by atoms with Gasteiger partial charge in [0, 0.05) is 16.7 Å². The molecule has 0 spiro atoms. The second-order valence-corrected chi connectivity index (χ2v) is 15.1. The number of hydrogen-bond donors (Lipinski definition) is 0. The highest BCUT2D eigenvalue weighted by Crippen LogP contribution is 2.31. The lowest BCUT2D eigenvalue weighted by atomic mass is 10.3. The van der Waals surface area contributed by atoms with Gasteiger partial charge >= 0.3 is 11.9 Å². The molecule has 0 saturated carbocycles. The third-order valence-electron chi connectivity index (χ3n) is 5.32. The molecule has 3 aromatic rings. The van der Waals surface area contributed by atoms with Crippen LogP contribution in [0, 0.1) is 0 Å². The predicted octanol–water partition coefficient (Wildman–Crippen LogP) is 2.41. The van der Waals surface area contributed by atoms with E-state index in [1.165, 1.54) is 24.3 Å². The van der Waals surface area contributed by atoms with E-state index in [0.717, 1.165) is 18.2 Å². The first kappa shape index (κ1) is 32.8. The molecule has 3 aromatic carbocycles. The predicted molar refractivity (Wildman–Crippen MR) is 149 cm³/mol. The largest absolute Gasteiger partial charge is 0.478 e. The number of carbonyl (C=O) groups is 2. The molecule has 0 aliphatic carbocycles. The summed E-state index contributed by atoms with van der Waals surface area (Å²) >= 11 is 0. The van der Waals surface area contributed by atoms with Gasteiger partial charge in [0.15, 0.2) is 44.4 Å². The smallest absolute Gasteiger partial charge is 0.344 e. The molecule has 0 bridgehead atoms. The molecule has 0 N–H and O–H groups in total. The number of sulfone groups is 2. The summed E-state index contributed by atoms with van der Waals surface area (Å²) in [6, 6.07) is 18.3. The third-order valence-corrected chi connectivity index (χ3v) is 10.1. The van der Waals surface area contributed by atoms with Crippen LogP contribution in [0.5, 0.6) is 11.5 Å². The van der Waals surface area contributed by atoms with Gasteiger partial charge in [-0.15, -0.1) is 0 Å². The fourth-order valence-electron chi connectivity index (χ4n) is 3.25. The van der Waals surface area contributed by atoms with Crippen molar-refractivity contribution in [1.29, 1.82) is 0 Å². The normalized spacial score (nSPS) is 11.8. The second kappa shape index (κ2) is 14.5. The Morgan fingerprint density at radius 2 is 1.00 bits per heavy atom. The van der Waals surface area contributed by atoms with Crippen molar-refractivity contribution in [3.63, 3.8) is 0 Å². The van der Waals surface area contributed by atoms with E-state index in [9.17, 15) is 34.8 Å². The van der Waals surface area contributed by atoms with E-state index in [1.54, 1.807) is 36.4 Å². The Bertz CT molecular complexity index is 1710. The van der Waals surface area contributed by atoms with E-state index < -0.39 is 83.5 Å². The fourth-order valence-corrected chi connectivity index (χ4v) is 6.24. The maximum atomic E-state index is 12.3. The lowest BCUT2D eigenvalue weighted by Crippen LogP contribution is -2.21. The van der Waals surface area contributed by atoms with Crippen LogP contribution in [0.25, 0.3) is 0 Å². The maximum Gasteiger partial charge on any atom is 0.344 e. The Morgan fingerprint density at radius 3 is 1.43 bits per heavy atom. The number of halogens is 1. The van der Waals surface area contributed by atoms with Gasteiger partial charge in [0.2, 0.25) is 0 Å².